The van der Waals surface area contributed by atoms with Crippen LogP contribution >= 0.6 is 11.6 Å². The van der Waals surface area contributed by atoms with Gasteiger partial charge in [0.1, 0.15) is 10.8 Å². The monoisotopic (exact) mass is 396 g/mol. The first-order chi connectivity index (χ1) is 13.5. The van der Waals surface area contributed by atoms with Crippen molar-refractivity contribution in [2.24, 2.45) is 0 Å². The van der Waals surface area contributed by atoms with Crippen molar-refractivity contribution in [3.63, 3.8) is 0 Å². The Morgan fingerprint density at radius 2 is 1.89 bits per heavy atom. The van der Waals surface area contributed by atoms with Gasteiger partial charge in [-0.05, 0) is 35.4 Å². The van der Waals surface area contributed by atoms with Gasteiger partial charge in [-0.15, -0.1) is 0 Å². The van der Waals surface area contributed by atoms with Crippen LogP contribution in [0.5, 0.6) is 0 Å². The second kappa shape index (κ2) is 9.01. The number of carbonyl (C=O) groups is 1. The molecule has 142 valence electrons. The van der Waals surface area contributed by atoms with Gasteiger partial charge in [-0.2, -0.15) is 0 Å². The SMILES string of the molecule is O=C(/C=C/c1ccc(Cl)c([N+](=O)[O-])c1)N(Cc1ccccc1)Cc1ccco1. The van der Waals surface area contributed by atoms with Gasteiger partial charge in [0.2, 0.25) is 5.91 Å². The van der Waals surface area contributed by atoms with Gasteiger partial charge in [0.05, 0.1) is 17.7 Å². The van der Waals surface area contributed by atoms with Gasteiger partial charge in [-0.1, -0.05) is 48.0 Å². The highest BCUT2D eigenvalue weighted by Crippen LogP contribution is 2.25. The highest BCUT2D eigenvalue weighted by molar-refractivity contribution is 6.32. The summed E-state index contributed by atoms with van der Waals surface area (Å²) >= 11 is 5.82. The van der Waals surface area contributed by atoms with Crippen LogP contribution in [-0.2, 0) is 17.9 Å². The molecule has 28 heavy (non-hydrogen) atoms. The summed E-state index contributed by atoms with van der Waals surface area (Å²) < 4.78 is 5.36. The zero-order valence-electron chi connectivity index (χ0n) is 14.8. The van der Waals surface area contributed by atoms with Crippen LogP contribution < -0.4 is 0 Å². The number of nitrogens with zero attached hydrogens (tertiary/aromatic N) is 2. The topological polar surface area (TPSA) is 76.6 Å². The number of hydrogen-bond acceptors (Lipinski definition) is 4. The molecule has 7 heteroatoms. The number of nitro groups is 1. The largest absolute Gasteiger partial charge is 0.467 e. The molecule has 1 amide bonds. The first kappa shape index (κ1) is 19.4. The smallest absolute Gasteiger partial charge is 0.288 e. The molecule has 0 spiro atoms. The number of furan rings is 1. The predicted octanol–water partition coefficient (Wildman–Crippen LogP) is 5.08. The summed E-state index contributed by atoms with van der Waals surface area (Å²) in [6.07, 6.45) is 4.48. The fraction of sp³-hybridized carbons (Fsp3) is 0.0952. The van der Waals surface area contributed by atoms with Crippen molar-refractivity contribution in [3.8, 4) is 0 Å². The first-order valence-electron chi connectivity index (χ1n) is 8.50. The molecule has 0 bridgehead atoms. The van der Waals surface area contributed by atoms with Crippen molar-refractivity contribution < 1.29 is 14.1 Å². The van der Waals surface area contributed by atoms with Gasteiger partial charge in [0.15, 0.2) is 0 Å². The molecule has 0 aliphatic heterocycles. The molecule has 0 atom stereocenters. The molecule has 0 aliphatic carbocycles. The fourth-order valence-corrected chi connectivity index (χ4v) is 2.84. The van der Waals surface area contributed by atoms with Gasteiger partial charge >= 0.3 is 0 Å². The maximum Gasteiger partial charge on any atom is 0.288 e. The third kappa shape index (κ3) is 5.08. The Kier molecular flexibility index (Phi) is 6.24. The van der Waals surface area contributed by atoms with E-state index < -0.39 is 4.92 Å². The van der Waals surface area contributed by atoms with E-state index in [4.69, 9.17) is 16.0 Å². The van der Waals surface area contributed by atoms with Crippen LogP contribution in [0.3, 0.4) is 0 Å². The van der Waals surface area contributed by atoms with Gasteiger partial charge in [-0.3, -0.25) is 14.9 Å². The summed E-state index contributed by atoms with van der Waals surface area (Å²) in [5, 5.41) is 11.1. The maximum atomic E-state index is 12.8. The van der Waals surface area contributed by atoms with E-state index in [9.17, 15) is 14.9 Å². The van der Waals surface area contributed by atoms with E-state index in [1.165, 1.54) is 24.3 Å². The lowest BCUT2D eigenvalue weighted by Gasteiger charge is -2.20. The number of carbonyl (C=O) groups excluding carboxylic acids is 1. The molecule has 0 N–H and O–H groups in total. The number of amides is 1. The highest BCUT2D eigenvalue weighted by Gasteiger charge is 2.15. The number of halogens is 1. The van der Waals surface area contributed by atoms with Crippen LogP contribution in [0.4, 0.5) is 5.69 Å². The Bertz CT molecular complexity index is 985. The lowest BCUT2D eigenvalue weighted by Crippen LogP contribution is -2.28. The van der Waals surface area contributed by atoms with E-state index in [1.54, 1.807) is 29.4 Å². The summed E-state index contributed by atoms with van der Waals surface area (Å²) in [4.78, 5) is 24.9. The lowest BCUT2D eigenvalue weighted by atomic mass is 10.1. The van der Waals surface area contributed by atoms with Gasteiger partial charge in [-0.25, -0.2) is 0 Å². The molecule has 0 unspecified atom stereocenters. The molecule has 0 aliphatic rings. The van der Waals surface area contributed by atoms with E-state index in [1.807, 2.05) is 30.3 Å². The van der Waals surface area contributed by atoms with Crippen molar-refractivity contribution in [2.45, 2.75) is 13.1 Å². The quantitative estimate of drug-likeness (QED) is 0.317. The number of nitro benzene ring substituents is 1. The van der Waals surface area contributed by atoms with Crippen LogP contribution in [0.25, 0.3) is 6.08 Å². The normalized spacial score (nSPS) is 10.9. The van der Waals surface area contributed by atoms with Crippen LogP contribution in [0.1, 0.15) is 16.9 Å². The van der Waals surface area contributed by atoms with E-state index in [2.05, 4.69) is 0 Å². The number of rotatable bonds is 7. The Labute approximate surface area is 166 Å². The van der Waals surface area contributed by atoms with Crippen molar-refractivity contribution in [1.29, 1.82) is 0 Å². The van der Waals surface area contributed by atoms with Gasteiger partial charge < -0.3 is 9.32 Å². The van der Waals surface area contributed by atoms with E-state index in [0.717, 1.165) is 5.56 Å². The second-order valence-corrected chi connectivity index (χ2v) is 6.47. The second-order valence-electron chi connectivity index (χ2n) is 6.06. The third-order valence-corrected chi connectivity index (χ3v) is 4.36. The molecular weight excluding hydrogens is 380 g/mol. The molecule has 3 aromatic rings. The van der Waals surface area contributed by atoms with E-state index >= 15 is 0 Å². The Hall–Kier alpha value is -3.38. The van der Waals surface area contributed by atoms with E-state index in [-0.39, 0.29) is 16.6 Å². The molecule has 3 rings (SSSR count). The van der Waals surface area contributed by atoms with Gasteiger partial charge in [0.25, 0.3) is 5.69 Å². The lowest BCUT2D eigenvalue weighted by molar-refractivity contribution is -0.384. The van der Waals surface area contributed by atoms with Crippen LogP contribution in [-0.4, -0.2) is 15.7 Å². The third-order valence-electron chi connectivity index (χ3n) is 4.04. The van der Waals surface area contributed by atoms with Gasteiger partial charge in [0, 0.05) is 18.7 Å². The Morgan fingerprint density at radius 1 is 1.11 bits per heavy atom. The van der Waals surface area contributed by atoms with Crippen molar-refractivity contribution in [1.82, 2.24) is 4.90 Å². The molecule has 1 heterocycles. The molecule has 1 aromatic heterocycles. The van der Waals surface area contributed by atoms with Crippen molar-refractivity contribution in [2.75, 3.05) is 0 Å². The summed E-state index contributed by atoms with van der Waals surface area (Å²) in [5.41, 5.74) is 1.30. The highest BCUT2D eigenvalue weighted by atomic mass is 35.5. The van der Waals surface area contributed by atoms with Crippen molar-refractivity contribution >= 4 is 29.3 Å². The predicted molar refractivity (Wildman–Crippen MR) is 107 cm³/mol. The first-order valence-corrected chi connectivity index (χ1v) is 8.88. The summed E-state index contributed by atoms with van der Waals surface area (Å²) in [6, 6.07) is 17.6. The number of benzene rings is 2. The zero-order chi connectivity index (χ0) is 19.9. The maximum absolute atomic E-state index is 12.8. The minimum absolute atomic E-state index is 0.0528. The summed E-state index contributed by atoms with van der Waals surface area (Å²) in [5.74, 6) is 0.428. The van der Waals surface area contributed by atoms with Crippen LogP contribution in [0, 0.1) is 10.1 Å². The summed E-state index contributed by atoms with van der Waals surface area (Å²) in [7, 11) is 0. The van der Waals surface area contributed by atoms with E-state index in [0.29, 0.717) is 24.4 Å². The van der Waals surface area contributed by atoms with Crippen LogP contribution in [0.15, 0.2) is 77.4 Å². The average molecular weight is 397 g/mol. The average Bonchev–Trinajstić information content (AvgIpc) is 3.20. The van der Waals surface area contributed by atoms with Crippen LogP contribution in [0.2, 0.25) is 5.02 Å². The Morgan fingerprint density at radius 3 is 2.57 bits per heavy atom. The zero-order valence-corrected chi connectivity index (χ0v) is 15.6. The molecular formula is C21H17ClN2O4. The molecule has 0 radical (unpaired) electrons. The van der Waals surface area contributed by atoms with Crippen molar-refractivity contribution in [3.05, 3.63) is 105 Å². The molecule has 2 aromatic carbocycles. The molecule has 0 saturated carbocycles. The molecule has 0 saturated heterocycles. The number of hydrogen-bond donors (Lipinski definition) is 0. The minimum atomic E-state index is -0.555. The molecule has 6 nitrogen and oxygen atoms in total. The Balaban J connectivity index is 1.79. The fourth-order valence-electron chi connectivity index (χ4n) is 2.65. The molecule has 0 fully saturated rings. The summed E-state index contributed by atoms with van der Waals surface area (Å²) in [6.45, 7) is 0.720. The minimum Gasteiger partial charge on any atom is -0.467 e. The standard InChI is InChI=1S/C21H17ClN2O4/c22-19-10-8-16(13-20(19)24(26)27)9-11-21(25)23(15-18-7-4-12-28-18)14-17-5-2-1-3-6-17/h1-13H,14-15H2/b11-9+.